The number of aromatic nitrogens is 4. The molecule has 5 rings (SSSR count). The number of hydrogen-bond donors (Lipinski definition) is 0. The van der Waals surface area contributed by atoms with Crippen LogP contribution in [0, 0.1) is 0 Å². The van der Waals surface area contributed by atoms with E-state index in [1.54, 1.807) is 12.7 Å². The normalized spacial score (nSPS) is 23.8. The van der Waals surface area contributed by atoms with Crippen molar-refractivity contribution in [2.45, 2.75) is 179 Å². The van der Waals surface area contributed by atoms with Crippen LogP contribution < -0.4 is 0 Å². The lowest BCUT2D eigenvalue weighted by atomic mass is 10.0. The van der Waals surface area contributed by atoms with Crippen LogP contribution in [0.2, 0.25) is 18.1 Å². The Hall–Kier alpha value is -2.00. The zero-order valence-corrected chi connectivity index (χ0v) is 36.1. The molecule has 0 amide bonds. The first-order valence-electron chi connectivity index (χ1n) is 21.3. The van der Waals surface area contributed by atoms with Crippen LogP contribution >= 0.6 is 0 Å². The molecule has 0 spiro atoms. The molecule has 3 fully saturated rings. The van der Waals surface area contributed by atoms with Crippen molar-refractivity contribution in [3.63, 3.8) is 0 Å². The average molecular weight is 772 g/mol. The second kappa shape index (κ2) is 20.4. The van der Waals surface area contributed by atoms with Gasteiger partial charge in [0, 0.05) is 39.9 Å². The first-order chi connectivity index (χ1) is 26.0. The molecule has 2 aromatic heterocycles. The molecule has 0 saturated carbocycles. The van der Waals surface area contributed by atoms with Crippen LogP contribution in [0.5, 0.6) is 0 Å². The number of hydrogen-bond acceptors (Lipinski definition) is 10. The van der Waals surface area contributed by atoms with Crippen LogP contribution in [0.25, 0.3) is 11.2 Å². The summed E-state index contributed by atoms with van der Waals surface area (Å²) >= 11 is 0. The summed E-state index contributed by atoms with van der Waals surface area (Å²) in [6.45, 7) is 16.9. The molecule has 2 bridgehead atoms. The van der Waals surface area contributed by atoms with Crippen molar-refractivity contribution < 1.29 is 23.5 Å². The van der Waals surface area contributed by atoms with Gasteiger partial charge in [0.05, 0.1) is 19.3 Å². The molecule has 0 radical (unpaired) electrons. The van der Waals surface area contributed by atoms with Crippen molar-refractivity contribution in [2.75, 3.05) is 47.1 Å². The highest BCUT2D eigenvalue weighted by Gasteiger charge is 2.65. The molecule has 3 saturated heterocycles. The van der Waals surface area contributed by atoms with Crippen LogP contribution in [-0.4, -0.2) is 115 Å². The lowest BCUT2D eigenvalue weighted by molar-refractivity contribution is -0.260. The molecule has 0 aliphatic carbocycles. The van der Waals surface area contributed by atoms with Crippen molar-refractivity contribution in [2.24, 2.45) is 4.99 Å². The van der Waals surface area contributed by atoms with Gasteiger partial charge in [0.1, 0.15) is 30.7 Å². The second-order valence-electron chi connectivity index (χ2n) is 17.7. The molecule has 54 heavy (non-hydrogen) atoms. The van der Waals surface area contributed by atoms with Gasteiger partial charge in [-0.15, -0.1) is 0 Å². The first kappa shape index (κ1) is 43.1. The Balaban J connectivity index is 1.22. The van der Waals surface area contributed by atoms with E-state index in [-0.39, 0.29) is 17.2 Å². The molecule has 2 unspecified atom stereocenters. The smallest absolute Gasteiger partial charge is 0.192 e. The van der Waals surface area contributed by atoms with E-state index in [4.69, 9.17) is 28.5 Å². The van der Waals surface area contributed by atoms with E-state index < -0.39 is 20.1 Å². The first-order valence-corrected chi connectivity index (χ1v) is 24.2. The highest BCUT2D eigenvalue weighted by Crippen LogP contribution is 2.50. The van der Waals surface area contributed by atoms with Gasteiger partial charge >= 0.3 is 0 Å². The maximum Gasteiger partial charge on any atom is 0.192 e. The van der Waals surface area contributed by atoms with Crippen molar-refractivity contribution in [3.8, 4) is 0 Å². The monoisotopic (exact) mass is 772 g/mol. The van der Waals surface area contributed by atoms with Crippen molar-refractivity contribution >= 4 is 31.6 Å². The van der Waals surface area contributed by atoms with Crippen LogP contribution in [0.1, 0.15) is 137 Å². The van der Waals surface area contributed by atoms with Crippen LogP contribution in [0.4, 0.5) is 5.82 Å². The maximum absolute atomic E-state index is 7.22. The zero-order chi connectivity index (χ0) is 38.6. The molecule has 0 aromatic carbocycles. The molecule has 0 N–H and O–H groups in total. The molecule has 306 valence electrons. The summed E-state index contributed by atoms with van der Waals surface area (Å²) in [5.41, 5.74) is 0.494. The van der Waals surface area contributed by atoms with Gasteiger partial charge in [-0.1, -0.05) is 111 Å². The Morgan fingerprint density at radius 2 is 1.56 bits per heavy atom. The molecule has 3 aliphatic heterocycles. The highest BCUT2D eigenvalue weighted by atomic mass is 28.4. The van der Waals surface area contributed by atoms with Gasteiger partial charge in [-0.25, -0.2) is 19.9 Å². The quantitative estimate of drug-likeness (QED) is 0.0337. The van der Waals surface area contributed by atoms with E-state index >= 15 is 0 Å². The lowest BCUT2D eigenvalue weighted by Gasteiger charge is -2.41. The second-order valence-corrected chi connectivity index (χ2v) is 22.5. The molecular formula is C41H73N7O5Si. The lowest BCUT2D eigenvalue weighted by Crippen LogP contribution is -2.54. The summed E-state index contributed by atoms with van der Waals surface area (Å²) in [7, 11) is 1.63. The van der Waals surface area contributed by atoms with Crippen molar-refractivity contribution in [1.29, 1.82) is 0 Å². The van der Waals surface area contributed by atoms with E-state index in [1.165, 1.54) is 89.8 Å². The molecule has 3 aliphatic rings. The van der Waals surface area contributed by atoms with Gasteiger partial charge in [-0.05, 0) is 37.4 Å². The van der Waals surface area contributed by atoms with Gasteiger partial charge in [0.25, 0.3) is 0 Å². The van der Waals surface area contributed by atoms with E-state index in [0.717, 1.165) is 39.0 Å². The summed E-state index contributed by atoms with van der Waals surface area (Å²) in [6.07, 6.45) is 24.7. The third kappa shape index (κ3) is 11.3. The number of imidazole rings is 1. The van der Waals surface area contributed by atoms with Crippen molar-refractivity contribution in [3.05, 3.63) is 12.7 Å². The van der Waals surface area contributed by atoms with Crippen molar-refractivity contribution in [1.82, 2.24) is 29.5 Å². The zero-order valence-electron chi connectivity index (χ0n) is 35.1. The number of rotatable bonds is 24. The standard InChI is InChI=1S/C41H73N7O5Si/c1-9-10-11-12-13-14-15-16-17-18-19-20-21-22-25-48(33-23-26-49-27-24-33)51-29-41-28-50-35(36(41)53-54(7,8)40(2,3)4)39(52-41)47-32-44-34-37(45-31-46(5)6)42-30-43-38(34)47/h30-33,35-36,39H,9-29H2,1-8H3/b45-31-/t35?,36?,39-,41-/m1/s1. The molecule has 2 aromatic rings. The van der Waals surface area contributed by atoms with Gasteiger partial charge in [0.15, 0.2) is 31.5 Å². The number of ether oxygens (including phenoxy) is 3. The predicted octanol–water partition coefficient (Wildman–Crippen LogP) is 9.00. The maximum atomic E-state index is 7.22. The van der Waals surface area contributed by atoms with E-state index in [2.05, 4.69) is 60.8 Å². The van der Waals surface area contributed by atoms with Crippen LogP contribution in [0.15, 0.2) is 17.6 Å². The summed E-state index contributed by atoms with van der Waals surface area (Å²) in [5.74, 6) is 0.513. The van der Waals surface area contributed by atoms with E-state index in [9.17, 15) is 0 Å². The molecule has 12 nitrogen and oxygen atoms in total. The van der Waals surface area contributed by atoms with Gasteiger partial charge in [0.2, 0.25) is 0 Å². The third-order valence-corrected chi connectivity index (χ3v) is 16.5. The SMILES string of the molecule is CCCCCCCCCCCCCCCCN(OC[C@]12COC(C1O[Si](C)(C)C(C)(C)C)[C@H](n1cnc3c(/N=C\N(C)C)ncnc31)O2)C1CCOCC1. The molecule has 5 heterocycles. The highest BCUT2D eigenvalue weighted by molar-refractivity contribution is 6.74. The minimum Gasteiger partial charge on any atom is -0.408 e. The number of hydroxylamine groups is 2. The third-order valence-electron chi connectivity index (χ3n) is 12.0. The Morgan fingerprint density at radius 1 is 0.926 bits per heavy atom. The predicted molar refractivity (Wildman–Crippen MR) is 219 cm³/mol. The fraction of sp³-hybridized carbons (Fsp3) is 0.854. The fourth-order valence-electron chi connectivity index (χ4n) is 7.66. The number of fused-ring (bicyclic) bond motifs is 3. The van der Waals surface area contributed by atoms with Crippen LogP contribution in [0.3, 0.4) is 0 Å². The van der Waals surface area contributed by atoms with Gasteiger partial charge in [-0.3, -0.25) is 9.40 Å². The van der Waals surface area contributed by atoms with E-state index in [1.807, 2.05) is 23.6 Å². The average Bonchev–Trinajstić information content (AvgIpc) is 3.81. The molecule has 13 heteroatoms. The molecular weight excluding hydrogens is 699 g/mol. The Morgan fingerprint density at radius 3 is 2.17 bits per heavy atom. The number of aliphatic imine (C=N–C) groups is 1. The largest absolute Gasteiger partial charge is 0.408 e. The topological polar surface area (TPSA) is 109 Å². The Labute approximate surface area is 327 Å². The van der Waals surface area contributed by atoms with Crippen LogP contribution in [-0.2, 0) is 23.5 Å². The minimum absolute atomic E-state index is 0.0167. The summed E-state index contributed by atoms with van der Waals surface area (Å²) in [6, 6.07) is 0.322. The van der Waals surface area contributed by atoms with Gasteiger partial charge in [-0.2, -0.15) is 5.06 Å². The number of nitrogens with zero attached hydrogens (tertiary/aromatic N) is 7. The Bertz CT molecular complexity index is 1430. The minimum atomic E-state index is -2.22. The summed E-state index contributed by atoms with van der Waals surface area (Å²) < 4.78 is 28.6. The number of unbranched alkanes of at least 4 members (excludes halogenated alkanes) is 13. The summed E-state index contributed by atoms with van der Waals surface area (Å²) in [5, 5.41) is 2.27. The fourth-order valence-corrected chi connectivity index (χ4v) is 9.00. The molecule has 4 atom stereocenters. The Kier molecular flexibility index (Phi) is 16.3. The summed E-state index contributed by atoms with van der Waals surface area (Å²) in [4.78, 5) is 27.0. The van der Waals surface area contributed by atoms with Gasteiger partial charge < -0.3 is 23.5 Å². The van der Waals surface area contributed by atoms with E-state index in [0.29, 0.717) is 36.2 Å².